The number of carboxylic acid groups (broad SMARTS) is 1. The van der Waals surface area contributed by atoms with Crippen LogP contribution in [0, 0.1) is 62.1 Å². The second-order valence-electron chi connectivity index (χ2n) is 22.8. The highest BCUT2D eigenvalue weighted by Crippen LogP contribution is 2.77. The van der Waals surface area contributed by atoms with Crippen molar-refractivity contribution in [2.45, 2.75) is 184 Å². The number of hydrogen-bond acceptors (Lipinski definition) is 6. The maximum Gasteiger partial charge on any atom is 0.410 e. The molecule has 316 valence electrons. The fourth-order valence-electron chi connectivity index (χ4n) is 14.6. The fraction of sp³-hybridized carbons (Fsp3) is 0.872. The Labute approximate surface area is 338 Å². The van der Waals surface area contributed by atoms with Crippen LogP contribution in [-0.2, 0) is 23.9 Å². The highest BCUT2D eigenvalue weighted by molar-refractivity contribution is 5.84. The third-order valence-electron chi connectivity index (χ3n) is 17.5. The summed E-state index contributed by atoms with van der Waals surface area (Å²) in [6.07, 6.45) is 11.4. The molecule has 0 aromatic heterocycles. The largest absolute Gasteiger partial charge is 0.481 e. The SMILES string of the molecule is C=C(C)[C@@H]1CC[C@]2(C(=O)NC3CCN(C(=O)OC(C)(C)C)CC3)CC[C@]3(C)[C@H](CC[C@@H]4[C@@]5(C)CC[C@H](OC(=O)CC(C)(C)CC(=O)O)C(C)(C)[C@@H]5CC[C@]43C)[C@@H]12. The first-order valence-corrected chi connectivity index (χ1v) is 22.2. The van der Waals surface area contributed by atoms with Gasteiger partial charge in [0.25, 0.3) is 0 Å². The van der Waals surface area contributed by atoms with Crippen LogP contribution in [0.5, 0.6) is 0 Å². The molecule has 1 saturated heterocycles. The number of fused-ring (bicyclic) bond motifs is 7. The molecule has 0 bridgehead atoms. The highest BCUT2D eigenvalue weighted by atomic mass is 16.6. The molecule has 0 aromatic rings. The molecule has 1 aliphatic heterocycles. The van der Waals surface area contributed by atoms with E-state index in [-0.39, 0.29) is 76.0 Å². The molecular weight excluding hydrogens is 705 g/mol. The number of carboxylic acids is 1. The number of amides is 2. The van der Waals surface area contributed by atoms with Gasteiger partial charge >= 0.3 is 18.0 Å². The third kappa shape index (κ3) is 7.34. The van der Waals surface area contributed by atoms with Gasteiger partial charge in [-0.25, -0.2) is 4.79 Å². The number of hydrogen-bond donors (Lipinski definition) is 2. The van der Waals surface area contributed by atoms with Crippen molar-refractivity contribution in [3.8, 4) is 0 Å². The molecule has 1 heterocycles. The zero-order valence-electron chi connectivity index (χ0n) is 36.9. The summed E-state index contributed by atoms with van der Waals surface area (Å²) in [4.78, 5) is 54.1. The molecule has 6 rings (SSSR count). The monoisotopic (exact) mass is 781 g/mol. The minimum absolute atomic E-state index is 0.0610. The molecule has 2 N–H and O–H groups in total. The fourth-order valence-corrected chi connectivity index (χ4v) is 14.6. The normalized spacial score (nSPS) is 39.6. The molecular formula is C47H76N2O7. The van der Waals surface area contributed by atoms with Crippen LogP contribution < -0.4 is 5.32 Å². The van der Waals surface area contributed by atoms with Gasteiger partial charge < -0.3 is 24.8 Å². The molecule has 0 aromatic carbocycles. The second kappa shape index (κ2) is 14.6. The summed E-state index contributed by atoms with van der Waals surface area (Å²) in [5.74, 6) is 1.09. The van der Waals surface area contributed by atoms with Gasteiger partial charge in [-0.15, -0.1) is 0 Å². The number of allylic oxidation sites excluding steroid dienone is 1. The van der Waals surface area contributed by atoms with E-state index in [0.717, 1.165) is 77.0 Å². The first-order valence-electron chi connectivity index (χ1n) is 22.2. The lowest BCUT2D eigenvalue weighted by molar-refractivity contribution is -0.249. The lowest BCUT2D eigenvalue weighted by Gasteiger charge is -2.72. The summed E-state index contributed by atoms with van der Waals surface area (Å²) in [6.45, 7) is 29.7. The smallest absolute Gasteiger partial charge is 0.410 e. The van der Waals surface area contributed by atoms with E-state index >= 15 is 0 Å². The molecule has 2 amide bonds. The Bertz CT molecular complexity index is 1570. The van der Waals surface area contributed by atoms with E-state index in [0.29, 0.717) is 36.8 Å². The van der Waals surface area contributed by atoms with Gasteiger partial charge in [0.2, 0.25) is 5.91 Å². The van der Waals surface area contributed by atoms with E-state index in [1.807, 2.05) is 34.6 Å². The van der Waals surface area contributed by atoms with E-state index < -0.39 is 17.0 Å². The van der Waals surface area contributed by atoms with Gasteiger partial charge in [0.1, 0.15) is 11.7 Å². The second-order valence-corrected chi connectivity index (χ2v) is 22.8. The first-order chi connectivity index (χ1) is 25.8. The molecule has 9 heteroatoms. The van der Waals surface area contributed by atoms with E-state index in [1.165, 1.54) is 5.57 Å². The number of nitrogens with one attached hydrogen (secondary N) is 1. The van der Waals surface area contributed by atoms with Crippen molar-refractivity contribution >= 4 is 23.9 Å². The molecule has 6 fully saturated rings. The van der Waals surface area contributed by atoms with Crippen molar-refractivity contribution in [3.63, 3.8) is 0 Å². The first kappa shape index (κ1) is 43.0. The number of rotatable bonds is 8. The number of likely N-dealkylation sites (tertiary alicyclic amines) is 1. The van der Waals surface area contributed by atoms with Gasteiger partial charge in [-0.1, -0.05) is 60.6 Å². The Balaban J connectivity index is 1.19. The van der Waals surface area contributed by atoms with Crippen molar-refractivity contribution in [1.29, 1.82) is 0 Å². The summed E-state index contributed by atoms with van der Waals surface area (Å²) in [7, 11) is 0. The number of esters is 1. The summed E-state index contributed by atoms with van der Waals surface area (Å²) >= 11 is 0. The number of carbonyl (C=O) groups is 4. The van der Waals surface area contributed by atoms with Gasteiger partial charge in [-0.2, -0.15) is 0 Å². The van der Waals surface area contributed by atoms with Crippen LogP contribution in [0.25, 0.3) is 0 Å². The van der Waals surface area contributed by atoms with Crippen molar-refractivity contribution in [2.24, 2.45) is 62.1 Å². The molecule has 56 heavy (non-hydrogen) atoms. The Morgan fingerprint density at radius 3 is 2.05 bits per heavy atom. The Morgan fingerprint density at radius 1 is 0.786 bits per heavy atom. The molecule has 0 radical (unpaired) electrons. The molecule has 0 spiro atoms. The summed E-state index contributed by atoms with van der Waals surface area (Å²) in [5.41, 5.74) is -0.208. The number of aliphatic carboxylic acids is 1. The third-order valence-corrected chi connectivity index (χ3v) is 17.5. The Morgan fingerprint density at radius 2 is 1.45 bits per heavy atom. The molecule has 5 aliphatic carbocycles. The van der Waals surface area contributed by atoms with Crippen LogP contribution in [0.2, 0.25) is 0 Å². The van der Waals surface area contributed by atoms with E-state index in [1.54, 1.807) is 4.90 Å². The van der Waals surface area contributed by atoms with Crippen molar-refractivity contribution in [3.05, 3.63) is 12.2 Å². The average Bonchev–Trinajstić information content (AvgIpc) is 3.46. The topological polar surface area (TPSA) is 122 Å². The van der Waals surface area contributed by atoms with Crippen molar-refractivity contribution in [2.75, 3.05) is 13.1 Å². The van der Waals surface area contributed by atoms with Crippen LogP contribution >= 0.6 is 0 Å². The quantitative estimate of drug-likeness (QED) is 0.186. The number of carbonyl (C=O) groups excluding carboxylic acids is 3. The summed E-state index contributed by atoms with van der Waals surface area (Å²) in [5, 5.41) is 12.9. The molecule has 0 unspecified atom stereocenters. The van der Waals surface area contributed by atoms with Crippen molar-refractivity contribution in [1.82, 2.24) is 10.2 Å². The number of piperidine rings is 1. The van der Waals surface area contributed by atoms with E-state index in [9.17, 15) is 24.3 Å². The minimum Gasteiger partial charge on any atom is -0.481 e. The summed E-state index contributed by atoms with van der Waals surface area (Å²) in [6, 6.07) is 0.0610. The molecule has 6 aliphatic rings. The number of nitrogens with zero attached hydrogens (tertiary/aromatic N) is 1. The molecule has 5 saturated carbocycles. The van der Waals surface area contributed by atoms with E-state index in [4.69, 9.17) is 9.47 Å². The predicted octanol–water partition coefficient (Wildman–Crippen LogP) is 9.96. The van der Waals surface area contributed by atoms with Crippen LogP contribution in [0.3, 0.4) is 0 Å². The minimum atomic E-state index is -0.894. The maximum absolute atomic E-state index is 14.8. The summed E-state index contributed by atoms with van der Waals surface area (Å²) < 4.78 is 11.9. The van der Waals surface area contributed by atoms with Crippen LogP contribution in [-0.4, -0.2) is 64.8 Å². The lowest BCUT2D eigenvalue weighted by Crippen LogP contribution is -2.67. The van der Waals surface area contributed by atoms with Crippen LogP contribution in [0.1, 0.15) is 166 Å². The molecule has 9 nitrogen and oxygen atoms in total. The van der Waals surface area contributed by atoms with E-state index in [2.05, 4.69) is 53.4 Å². The Kier molecular flexibility index (Phi) is 11.2. The number of ether oxygens (including phenoxy) is 2. The van der Waals surface area contributed by atoms with Gasteiger partial charge in [-0.05, 0) is 156 Å². The van der Waals surface area contributed by atoms with Crippen molar-refractivity contribution < 1.29 is 33.8 Å². The molecule has 10 atom stereocenters. The highest BCUT2D eigenvalue weighted by Gasteiger charge is 2.72. The zero-order chi connectivity index (χ0) is 41.4. The zero-order valence-corrected chi connectivity index (χ0v) is 36.9. The Hall–Kier alpha value is -2.58. The average molecular weight is 781 g/mol. The van der Waals surface area contributed by atoms with Gasteiger partial charge in [0, 0.05) is 24.5 Å². The maximum atomic E-state index is 14.8. The van der Waals surface area contributed by atoms with Crippen LogP contribution in [0.4, 0.5) is 4.79 Å². The van der Waals surface area contributed by atoms with Gasteiger partial charge in [0.05, 0.1) is 18.3 Å². The standard InChI is InChI=1S/C47H76N2O7/c1-29(2)31-15-22-47(39(53)48-30-18-25-49(26-19-30)40(54)56-41(3,4)5)24-23-45(11)32(38(31)47)13-14-34-44(10)20-17-35(43(8,9)33(44)16-21-46(34,45)12)55-37(52)28-42(6,7)27-36(50)51/h30-35,38H,1,13-28H2,2-12H3,(H,48,53)(H,50,51)/t31-,32+,33-,34+,35-,38+,44-,45+,46+,47-/m0/s1. The van der Waals surface area contributed by atoms with Gasteiger partial charge in [-0.3, -0.25) is 14.4 Å². The van der Waals surface area contributed by atoms with Gasteiger partial charge in [0.15, 0.2) is 0 Å². The lowest BCUT2D eigenvalue weighted by atomic mass is 9.32. The predicted molar refractivity (Wildman–Crippen MR) is 218 cm³/mol. The van der Waals surface area contributed by atoms with Crippen LogP contribution in [0.15, 0.2) is 12.2 Å².